The molecule has 14 heavy (non-hydrogen) atoms. The van der Waals surface area contributed by atoms with E-state index >= 15 is 0 Å². The van der Waals surface area contributed by atoms with Gasteiger partial charge in [0.2, 0.25) is 0 Å². The number of hydrazine groups is 1. The van der Waals surface area contributed by atoms with Crippen LogP contribution < -0.4 is 11.3 Å². The van der Waals surface area contributed by atoms with Crippen LogP contribution in [0.25, 0.3) is 0 Å². The molecule has 0 aliphatic heterocycles. The second-order valence-electron chi connectivity index (χ2n) is 4.87. The van der Waals surface area contributed by atoms with Crippen molar-refractivity contribution >= 4 is 5.84 Å². The van der Waals surface area contributed by atoms with E-state index in [2.05, 4.69) is 12.3 Å². The fourth-order valence-electron chi connectivity index (χ4n) is 2.62. The Hall–Kier alpha value is -0.570. The van der Waals surface area contributed by atoms with E-state index in [9.17, 15) is 0 Å². The van der Waals surface area contributed by atoms with Crippen molar-refractivity contribution in [1.82, 2.24) is 5.43 Å². The van der Waals surface area contributed by atoms with E-state index in [0.29, 0.717) is 12.0 Å². The lowest BCUT2D eigenvalue weighted by atomic mass is 9.75. The number of rotatable bonds is 2. The summed E-state index contributed by atoms with van der Waals surface area (Å²) in [7, 11) is 0. The van der Waals surface area contributed by atoms with Gasteiger partial charge in [0.1, 0.15) is 5.84 Å². The summed E-state index contributed by atoms with van der Waals surface area (Å²) < 4.78 is 0. The molecule has 0 aromatic heterocycles. The number of nitrogens with zero attached hydrogens (tertiary/aromatic N) is 1. The minimum atomic E-state index is 0.553. The third-order valence-electron chi connectivity index (χ3n) is 3.55. The minimum absolute atomic E-state index is 0.553. The predicted octanol–water partition coefficient (Wildman–Crippen LogP) is 1.84. The molecule has 2 aliphatic carbocycles. The van der Waals surface area contributed by atoms with Gasteiger partial charge in [-0.1, -0.05) is 19.8 Å². The van der Waals surface area contributed by atoms with E-state index in [-0.39, 0.29) is 0 Å². The Morgan fingerprint density at radius 2 is 1.93 bits per heavy atom. The molecule has 3 N–H and O–H groups in total. The van der Waals surface area contributed by atoms with Crippen LogP contribution in [-0.4, -0.2) is 11.9 Å². The Kier molecular flexibility index (Phi) is 3.06. The molecule has 0 radical (unpaired) electrons. The Labute approximate surface area is 86.1 Å². The molecule has 3 nitrogen and oxygen atoms in total. The summed E-state index contributed by atoms with van der Waals surface area (Å²) in [6, 6.07) is 0.553. The second kappa shape index (κ2) is 4.30. The molecular formula is C11H21N3. The highest BCUT2D eigenvalue weighted by Crippen LogP contribution is 2.34. The van der Waals surface area contributed by atoms with Gasteiger partial charge in [0.05, 0.1) is 6.04 Å². The molecule has 80 valence electrons. The monoisotopic (exact) mass is 195 g/mol. The Balaban J connectivity index is 1.90. The Morgan fingerprint density at radius 3 is 2.43 bits per heavy atom. The van der Waals surface area contributed by atoms with Gasteiger partial charge in [-0.3, -0.25) is 4.99 Å². The van der Waals surface area contributed by atoms with Crippen molar-refractivity contribution in [2.24, 2.45) is 22.7 Å². The standard InChI is InChI=1S/C11H21N3/c1-8-6-9(7-8)11(14-12)13-10-4-2-3-5-10/h8-10H,2-7,12H2,1H3,(H,13,14). The maximum absolute atomic E-state index is 5.53. The fourth-order valence-corrected chi connectivity index (χ4v) is 2.62. The highest BCUT2D eigenvalue weighted by Gasteiger charge is 2.30. The summed E-state index contributed by atoms with van der Waals surface area (Å²) in [5.74, 6) is 8.07. The summed E-state index contributed by atoms with van der Waals surface area (Å²) in [5.41, 5.74) is 2.80. The van der Waals surface area contributed by atoms with Gasteiger partial charge in [-0.05, 0) is 31.6 Å². The maximum atomic E-state index is 5.53. The Morgan fingerprint density at radius 1 is 1.29 bits per heavy atom. The van der Waals surface area contributed by atoms with Gasteiger partial charge in [-0.2, -0.15) is 0 Å². The molecule has 2 rings (SSSR count). The lowest BCUT2D eigenvalue weighted by Crippen LogP contribution is -2.42. The maximum Gasteiger partial charge on any atom is 0.114 e. The molecule has 0 heterocycles. The number of hydrogen-bond donors (Lipinski definition) is 2. The van der Waals surface area contributed by atoms with Crippen molar-refractivity contribution in [3.8, 4) is 0 Å². The van der Waals surface area contributed by atoms with Crippen LogP contribution in [0.2, 0.25) is 0 Å². The molecule has 0 atom stereocenters. The number of hydrogen-bond acceptors (Lipinski definition) is 2. The quantitative estimate of drug-likeness (QED) is 0.306. The van der Waals surface area contributed by atoms with Crippen LogP contribution in [0.1, 0.15) is 45.4 Å². The molecule has 2 saturated carbocycles. The average molecular weight is 195 g/mol. The summed E-state index contributed by atoms with van der Waals surface area (Å²) >= 11 is 0. The van der Waals surface area contributed by atoms with Crippen molar-refractivity contribution < 1.29 is 0 Å². The van der Waals surface area contributed by atoms with Crippen molar-refractivity contribution in [3.63, 3.8) is 0 Å². The zero-order chi connectivity index (χ0) is 9.97. The summed E-state index contributed by atoms with van der Waals surface area (Å²) in [5, 5.41) is 0. The van der Waals surface area contributed by atoms with E-state index in [1.165, 1.54) is 38.5 Å². The number of amidine groups is 1. The Bertz CT molecular complexity index is 213. The first-order chi connectivity index (χ1) is 6.79. The number of nitrogens with one attached hydrogen (secondary N) is 1. The SMILES string of the molecule is CC1CC(C(=NC2CCCC2)NN)C1. The molecule has 2 aliphatic rings. The van der Waals surface area contributed by atoms with Crippen molar-refractivity contribution in [1.29, 1.82) is 0 Å². The summed E-state index contributed by atoms with van der Waals surface area (Å²) in [4.78, 5) is 4.73. The highest BCUT2D eigenvalue weighted by atomic mass is 15.3. The molecule has 0 amide bonds. The molecule has 0 bridgehead atoms. The smallest absolute Gasteiger partial charge is 0.114 e. The average Bonchev–Trinajstić information content (AvgIpc) is 2.62. The third kappa shape index (κ3) is 2.08. The van der Waals surface area contributed by atoms with Crippen LogP contribution in [0.15, 0.2) is 4.99 Å². The normalized spacial score (nSPS) is 34.3. The van der Waals surface area contributed by atoms with E-state index in [1.807, 2.05) is 0 Å². The lowest BCUT2D eigenvalue weighted by Gasteiger charge is -2.33. The van der Waals surface area contributed by atoms with Crippen LogP contribution in [0, 0.1) is 11.8 Å². The molecular weight excluding hydrogens is 174 g/mol. The zero-order valence-corrected chi connectivity index (χ0v) is 9.00. The molecule has 0 aromatic rings. The third-order valence-corrected chi connectivity index (χ3v) is 3.55. The molecule has 0 aromatic carbocycles. The van der Waals surface area contributed by atoms with Gasteiger partial charge in [-0.25, -0.2) is 5.84 Å². The second-order valence-corrected chi connectivity index (χ2v) is 4.87. The van der Waals surface area contributed by atoms with Crippen molar-refractivity contribution in [2.75, 3.05) is 0 Å². The lowest BCUT2D eigenvalue weighted by molar-refractivity contribution is 0.275. The van der Waals surface area contributed by atoms with Crippen molar-refractivity contribution in [2.45, 2.75) is 51.5 Å². The molecule has 2 fully saturated rings. The van der Waals surface area contributed by atoms with Crippen molar-refractivity contribution in [3.05, 3.63) is 0 Å². The van der Waals surface area contributed by atoms with Crippen LogP contribution in [0.4, 0.5) is 0 Å². The van der Waals surface area contributed by atoms with Crippen LogP contribution in [0.3, 0.4) is 0 Å². The molecule has 3 heteroatoms. The molecule has 0 unspecified atom stereocenters. The topological polar surface area (TPSA) is 50.4 Å². The van der Waals surface area contributed by atoms with Crippen LogP contribution in [-0.2, 0) is 0 Å². The fraction of sp³-hybridized carbons (Fsp3) is 0.909. The first-order valence-corrected chi connectivity index (χ1v) is 5.84. The van der Waals surface area contributed by atoms with Crippen LogP contribution in [0.5, 0.6) is 0 Å². The molecule has 0 saturated heterocycles. The first kappa shape index (κ1) is 9.97. The van der Waals surface area contributed by atoms with E-state index < -0.39 is 0 Å². The van der Waals surface area contributed by atoms with E-state index in [1.54, 1.807) is 0 Å². The van der Waals surface area contributed by atoms with Gasteiger partial charge >= 0.3 is 0 Å². The van der Waals surface area contributed by atoms with Gasteiger partial charge in [0.15, 0.2) is 0 Å². The number of nitrogens with two attached hydrogens (primary N) is 1. The van der Waals surface area contributed by atoms with Gasteiger partial charge in [0, 0.05) is 5.92 Å². The van der Waals surface area contributed by atoms with Gasteiger partial charge in [0.25, 0.3) is 0 Å². The van der Waals surface area contributed by atoms with Crippen LogP contribution >= 0.6 is 0 Å². The van der Waals surface area contributed by atoms with E-state index in [4.69, 9.17) is 10.8 Å². The minimum Gasteiger partial charge on any atom is -0.312 e. The zero-order valence-electron chi connectivity index (χ0n) is 9.00. The first-order valence-electron chi connectivity index (χ1n) is 5.84. The largest absolute Gasteiger partial charge is 0.312 e. The summed E-state index contributed by atoms with van der Waals surface area (Å²) in [6.45, 7) is 2.29. The van der Waals surface area contributed by atoms with E-state index in [0.717, 1.165) is 11.8 Å². The predicted molar refractivity (Wildman–Crippen MR) is 58.9 cm³/mol. The summed E-state index contributed by atoms with van der Waals surface area (Å²) in [6.07, 6.45) is 7.71. The highest BCUT2D eigenvalue weighted by molar-refractivity contribution is 5.85. The molecule has 0 spiro atoms. The van der Waals surface area contributed by atoms with Gasteiger partial charge in [-0.15, -0.1) is 0 Å². The number of aliphatic imine (C=N–C) groups is 1. The van der Waals surface area contributed by atoms with Gasteiger partial charge < -0.3 is 5.43 Å².